The zero-order valence-electron chi connectivity index (χ0n) is 13.8. The molecule has 4 heterocycles. The van der Waals surface area contributed by atoms with Crippen LogP contribution in [0, 0.1) is 0 Å². The fourth-order valence-corrected chi connectivity index (χ4v) is 2.92. The van der Waals surface area contributed by atoms with E-state index in [1.807, 2.05) is 18.2 Å². The van der Waals surface area contributed by atoms with Gasteiger partial charge in [0.25, 0.3) is 0 Å². The highest BCUT2D eigenvalue weighted by molar-refractivity contribution is 6.20. The van der Waals surface area contributed by atoms with E-state index in [0.717, 1.165) is 50.5 Å². The van der Waals surface area contributed by atoms with Crippen molar-refractivity contribution in [3.8, 4) is 5.88 Å². The molecule has 130 valence electrons. The minimum absolute atomic E-state index is 0.0351. The molecule has 8 heteroatoms. The Bertz CT molecular complexity index is 807. The molecule has 0 saturated carbocycles. The summed E-state index contributed by atoms with van der Waals surface area (Å²) in [6.07, 6.45) is 5.28. The Morgan fingerprint density at radius 3 is 3.12 bits per heavy atom. The quantitative estimate of drug-likeness (QED) is 0.763. The number of morpholine rings is 1. The normalized spacial score (nSPS) is 18.6. The van der Waals surface area contributed by atoms with Crippen molar-refractivity contribution in [2.24, 2.45) is 4.99 Å². The maximum absolute atomic E-state index is 10.1. The van der Waals surface area contributed by atoms with Gasteiger partial charge >= 0.3 is 0 Å². The molecule has 0 atom stereocenters. The molecule has 2 aromatic heterocycles. The standard InChI is InChI=1S/C17H20N6O2/c24-16-14(10-12-11-20-15-13(12)2-1-3-18-15)21-17(22-16)19-4-5-23-6-8-25-9-7-23/h1-3,10-11,24H,4-9H2,(H2,19,21,22)/b12-10+. The van der Waals surface area contributed by atoms with E-state index in [-0.39, 0.29) is 5.88 Å². The number of ether oxygens (including phenoxy) is 1. The SMILES string of the molecule is Oc1nc(NCCN2CCOCC2)[nH]c1/C=C1\C=Nc2ncccc21. The Hall–Kier alpha value is -2.71. The Morgan fingerprint density at radius 2 is 2.24 bits per heavy atom. The highest BCUT2D eigenvalue weighted by atomic mass is 16.5. The van der Waals surface area contributed by atoms with Crippen LogP contribution in [0.25, 0.3) is 11.6 Å². The second kappa shape index (κ2) is 7.04. The molecule has 0 unspecified atom stereocenters. The smallest absolute Gasteiger partial charge is 0.238 e. The molecule has 0 aliphatic carbocycles. The molecule has 1 fully saturated rings. The average Bonchev–Trinajstić information content (AvgIpc) is 3.20. The third-order valence-electron chi connectivity index (χ3n) is 4.26. The third-order valence-corrected chi connectivity index (χ3v) is 4.26. The molecule has 2 aliphatic rings. The fourth-order valence-electron chi connectivity index (χ4n) is 2.92. The molecule has 0 bridgehead atoms. The lowest BCUT2D eigenvalue weighted by molar-refractivity contribution is 0.0398. The van der Waals surface area contributed by atoms with Gasteiger partial charge in [0.15, 0.2) is 5.82 Å². The summed E-state index contributed by atoms with van der Waals surface area (Å²) in [7, 11) is 0. The van der Waals surface area contributed by atoms with Crippen LogP contribution in [0.15, 0.2) is 23.3 Å². The number of allylic oxidation sites excluding steroid dienone is 1. The zero-order valence-corrected chi connectivity index (χ0v) is 13.8. The lowest BCUT2D eigenvalue weighted by Gasteiger charge is -2.26. The van der Waals surface area contributed by atoms with Crippen LogP contribution in [0.4, 0.5) is 11.8 Å². The molecule has 2 aliphatic heterocycles. The Kier molecular flexibility index (Phi) is 4.45. The van der Waals surface area contributed by atoms with Gasteiger partial charge in [0.05, 0.1) is 13.2 Å². The molecule has 8 nitrogen and oxygen atoms in total. The number of aromatic nitrogens is 3. The van der Waals surface area contributed by atoms with Crippen LogP contribution in [0.3, 0.4) is 0 Å². The van der Waals surface area contributed by atoms with Crippen LogP contribution in [-0.2, 0) is 4.74 Å². The lowest BCUT2D eigenvalue weighted by atomic mass is 10.1. The Morgan fingerprint density at radius 1 is 1.36 bits per heavy atom. The highest BCUT2D eigenvalue weighted by Crippen LogP contribution is 2.31. The number of pyridine rings is 1. The van der Waals surface area contributed by atoms with Gasteiger partial charge in [0, 0.05) is 49.7 Å². The van der Waals surface area contributed by atoms with Crippen molar-refractivity contribution in [3.05, 3.63) is 29.6 Å². The van der Waals surface area contributed by atoms with Gasteiger partial charge in [-0.2, -0.15) is 4.98 Å². The summed E-state index contributed by atoms with van der Waals surface area (Å²) in [6.45, 7) is 5.14. The van der Waals surface area contributed by atoms with E-state index in [2.05, 4.69) is 30.2 Å². The van der Waals surface area contributed by atoms with Gasteiger partial charge in [-0.1, -0.05) is 0 Å². The highest BCUT2D eigenvalue weighted by Gasteiger charge is 2.15. The molecule has 1 saturated heterocycles. The number of hydrogen-bond donors (Lipinski definition) is 3. The number of anilines is 1. The van der Waals surface area contributed by atoms with E-state index >= 15 is 0 Å². The first-order valence-electron chi connectivity index (χ1n) is 8.34. The van der Waals surface area contributed by atoms with Crippen molar-refractivity contribution >= 4 is 29.6 Å². The van der Waals surface area contributed by atoms with Crippen molar-refractivity contribution in [1.82, 2.24) is 19.9 Å². The number of imidazole rings is 1. The number of aromatic hydroxyl groups is 1. The van der Waals surface area contributed by atoms with Gasteiger partial charge in [-0.25, -0.2) is 9.98 Å². The van der Waals surface area contributed by atoms with Gasteiger partial charge in [-0.05, 0) is 18.2 Å². The van der Waals surface area contributed by atoms with Crippen molar-refractivity contribution in [2.75, 3.05) is 44.7 Å². The van der Waals surface area contributed by atoms with Crippen LogP contribution in [0.1, 0.15) is 11.3 Å². The van der Waals surface area contributed by atoms with E-state index < -0.39 is 0 Å². The van der Waals surface area contributed by atoms with Crippen molar-refractivity contribution < 1.29 is 9.84 Å². The number of nitrogens with zero attached hydrogens (tertiary/aromatic N) is 4. The van der Waals surface area contributed by atoms with E-state index in [4.69, 9.17) is 4.74 Å². The van der Waals surface area contributed by atoms with Gasteiger partial charge in [0.1, 0.15) is 5.69 Å². The number of H-pyrrole nitrogens is 1. The van der Waals surface area contributed by atoms with Crippen molar-refractivity contribution in [2.45, 2.75) is 0 Å². The number of fused-ring (bicyclic) bond motifs is 1. The number of hydrogen-bond acceptors (Lipinski definition) is 7. The number of rotatable bonds is 5. The van der Waals surface area contributed by atoms with Crippen LogP contribution < -0.4 is 5.32 Å². The molecule has 2 aromatic rings. The molecular formula is C17H20N6O2. The van der Waals surface area contributed by atoms with Gasteiger partial charge in [0.2, 0.25) is 11.8 Å². The predicted octanol–water partition coefficient (Wildman–Crippen LogP) is 1.51. The summed E-state index contributed by atoms with van der Waals surface area (Å²) in [5, 5.41) is 13.3. The van der Waals surface area contributed by atoms with E-state index in [1.54, 1.807) is 12.4 Å². The van der Waals surface area contributed by atoms with E-state index in [9.17, 15) is 5.11 Å². The number of aromatic amines is 1. The van der Waals surface area contributed by atoms with Crippen molar-refractivity contribution in [1.29, 1.82) is 0 Å². The predicted molar refractivity (Wildman–Crippen MR) is 96.3 cm³/mol. The second-order valence-electron chi connectivity index (χ2n) is 5.94. The third kappa shape index (κ3) is 3.54. The van der Waals surface area contributed by atoms with E-state index in [0.29, 0.717) is 17.5 Å². The molecule has 0 aromatic carbocycles. The Balaban J connectivity index is 1.41. The molecular weight excluding hydrogens is 320 g/mol. The minimum Gasteiger partial charge on any atom is -0.492 e. The van der Waals surface area contributed by atoms with Crippen LogP contribution in [0.5, 0.6) is 5.88 Å². The maximum Gasteiger partial charge on any atom is 0.238 e. The van der Waals surface area contributed by atoms with Gasteiger partial charge in [-0.3, -0.25) is 4.90 Å². The first-order chi connectivity index (χ1) is 12.3. The Labute approximate surface area is 145 Å². The summed E-state index contributed by atoms with van der Waals surface area (Å²) in [5.41, 5.74) is 2.38. The van der Waals surface area contributed by atoms with E-state index in [1.165, 1.54) is 0 Å². The summed E-state index contributed by atoms with van der Waals surface area (Å²) >= 11 is 0. The van der Waals surface area contributed by atoms with Crippen LogP contribution in [-0.4, -0.2) is 70.6 Å². The molecule has 0 amide bonds. The molecule has 3 N–H and O–H groups in total. The lowest BCUT2D eigenvalue weighted by Crippen LogP contribution is -2.39. The maximum atomic E-state index is 10.1. The number of aliphatic imine (C=N–C) groups is 1. The molecule has 25 heavy (non-hydrogen) atoms. The average molecular weight is 340 g/mol. The van der Waals surface area contributed by atoms with Gasteiger partial charge in [-0.15, -0.1) is 0 Å². The largest absolute Gasteiger partial charge is 0.492 e. The van der Waals surface area contributed by atoms with Crippen LogP contribution >= 0.6 is 0 Å². The first-order valence-corrected chi connectivity index (χ1v) is 8.34. The molecule has 0 radical (unpaired) electrons. The first kappa shape index (κ1) is 15.8. The summed E-state index contributed by atoms with van der Waals surface area (Å²) in [4.78, 5) is 18.0. The zero-order chi connectivity index (χ0) is 17.1. The fraction of sp³-hybridized carbons (Fsp3) is 0.353. The minimum atomic E-state index is -0.0351. The van der Waals surface area contributed by atoms with Crippen LogP contribution in [0.2, 0.25) is 0 Å². The monoisotopic (exact) mass is 340 g/mol. The topological polar surface area (TPSA) is 98.7 Å². The number of nitrogens with one attached hydrogen (secondary N) is 2. The van der Waals surface area contributed by atoms with Crippen molar-refractivity contribution in [3.63, 3.8) is 0 Å². The van der Waals surface area contributed by atoms with Gasteiger partial charge < -0.3 is 20.1 Å². The summed E-state index contributed by atoms with van der Waals surface area (Å²) in [5.74, 6) is 1.21. The molecule has 0 spiro atoms. The molecule has 4 rings (SSSR count). The second-order valence-corrected chi connectivity index (χ2v) is 5.94. The summed E-state index contributed by atoms with van der Waals surface area (Å²) in [6, 6.07) is 3.82. The summed E-state index contributed by atoms with van der Waals surface area (Å²) < 4.78 is 5.34.